The predicted octanol–water partition coefficient (Wildman–Crippen LogP) is 3.76. The van der Waals surface area contributed by atoms with Crippen molar-refractivity contribution in [1.82, 2.24) is 0 Å². The number of rotatable bonds is 8. The van der Waals surface area contributed by atoms with Crippen LogP contribution in [0.5, 0.6) is 0 Å². The summed E-state index contributed by atoms with van der Waals surface area (Å²) in [5.74, 6) is -3.51. The van der Waals surface area contributed by atoms with Crippen LogP contribution in [0.3, 0.4) is 0 Å². The second-order valence-electron chi connectivity index (χ2n) is 9.25. The van der Waals surface area contributed by atoms with Crippen LogP contribution in [0.25, 0.3) is 0 Å². The summed E-state index contributed by atoms with van der Waals surface area (Å²) in [5.41, 5.74) is 0.871. The fraction of sp³-hybridized carbons (Fsp3) is 0.300. The maximum atomic E-state index is 13.2. The second-order valence-corrected chi connectivity index (χ2v) is 9.25. The number of methoxy groups -OCH3 is 1. The van der Waals surface area contributed by atoms with E-state index in [1.54, 1.807) is 91.0 Å². The number of esters is 3. The van der Waals surface area contributed by atoms with E-state index in [0.717, 1.165) is 0 Å². The van der Waals surface area contributed by atoms with Crippen LogP contribution in [-0.2, 0) is 33.2 Å². The maximum absolute atomic E-state index is 13.2. The third-order valence-corrected chi connectivity index (χ3v) is 6.54. The summed E-state index contributed by atoms with van der Waals surface area (Å²) >= 11 is 0. The van der Waals surface area contributed by atoms with Gasteiger partial charge in [-0.25, -0.2) is 14.4 Å². The Morgan fingerprint density at radius 2 is 1.18 bits per heavy atom. The summed E-state index contributed by atoms with van der Waals surface area (Å²) in [5, 5.41) is 0. The highest BCUT2D eigenvalue weighted by Gasteiger charge is 2.59. The minimum absolute atomic E-state index is 0.267. The Morgan fingerprint density at radius 3 is 1.68 bits per heavy atom. The number of carbonyl (C=O) groups excluding carboxylic acids is 3. The average molecular weight is 549 g/mol. The smallest absolute Gasteiger partial charge is 0.338 e. The van der Waals surface area contributed by atoms with Crippen molar-refractivity contribution in [3.63, 3.8) is 0 Å². The zero-order valence-electron chi connectivity index (χ0n) is 21.8. The molecule has 2 heterocycles. The third kappa shape index (κ3) is 6.05. The van der Waals surface area contributed by atoms with Crippen LogP contribution in [0, 0.1) is 0 Å². The summed E-state index contributed by atoms with van der Waals surface area (Å²) in [7, 11) is 1.38. The summed E-state index contributed by atoms with van der Waals surface area (Å²) in [6.45, 7) is 1.19. The molecule has 10 nitrogen and oxygen atoms in total. The topological polar surface area (TPSA) is 116 Å². The molecule has 0 aromatic heterocycles. The number of benzene rings is 3. The molecule has 1 unspecified atom stereocenters. The van der Waals surface area contributed by atoms with Crippen LogP contribution >= 0.6 is 0 Å². The molecule has 0 spiro atoms. The van der Waals surface area contributed by atoms with Gasteiger partial charge in [-0.2, -0.15) is 0 Å². The standard InChI is InChI=1S/C30H28O10/c1-30(34-2)39-25-24(38-28(33)21-16-10-5-11-17-21)23(37-27(32)20-14-8-4-9-15-20)22(36-29(25)40-30)18-35-26(31)19-12-6-3-7-13-19/h3-17,22-25,29H,18H2,1-2H3/t22-,23+,24+,25-,29-,30?/m1/s1. The molecule has 3 aromatic rings. The van der Waals surface area contributed by atoms with Gasteiger partial charge in [0.2, 0.25) is 0 Å². The molecule has 3 aromatic carbocycles. The molecule has 0 bridgehead atoms. The van der Waals surface area contributed by atoms with Gasteiger partial charge in [-0.3, -0.25) is 4.74 Å². The Labute approximate surface area is 230 Å². The van der Waals surface area contributed by atoms with Crippen LogP contribution in [0.4, 0.5) is 0 Å². The van der Waals surface area contributed by atoms with Gasteiger partial charge in [-0.1, -0.05) is 54.6 Å². The summed E-state index contributed by atoms with van der Waals surface area (Å²) in [6.07, 6.45) is -5.67. The van der Waals surface area contributed by atoms with Gasteiger partial charge in [0.25, 0.3) is 5.97 Å². The fourth-order valence-corrected chi connectivity index (χ4v) is 4.44. The molecule has 2 aliphatic rings. The van der Waals surface area contributed by atoms with Gasteiger partial charge >= 0.3 is 17.9 Å². The van der Waals surface area contributed by atoms with Crippen molar-refractivity contribution in [1.29, 1.82) is 0 Å². The van der Waals surface area contributed by atoms with Crippen LogP contribution < -0.4 is 0 Å². The zero-order valence-corrected chi connectivity index (χ0v) is 21.8. The lowest BCUT2D eigenvalue weighted by molar-refractivity contribution is -0.334. The molecule has 0 amide bonds. The van der Waals surface area contributed by atoms with Gasteiger partial charge in [0.15, 0.2) is 24.6 Å². The van der Waals surface area contributed by atoms with Crippen molar-refractivity contribution in [3.05, 3.63) is 108 Å². The molecule has 0 aliphatic carbocycles. The maximum Gasteiger partial charge on any atom is 0.338 e. The highest BCUT2D eigenvalue weighted by Crippen LogP contribution is 2.39. The molecular formula is C30H28O10. The largest absolute Gasteiger partial charge is 0.459 e. The van der Waals surface area contributed by atoms with Crippen LogP contribution in [0.15, 0.2) is 91.0 Å². The van der Waals surface area contributed by atoms with Gasteiger partial charge in [0, 0.05) is 14.0 Å². The molecule has 10 heteroatoms. The van der Waals surface area contributed by atoms with Crippen molar-refractivity contribution >= 4 is 17.9 Å². The molecule has 0 radical (unpaired) electrons. The molecule has 0 N–H and O–H groups in total. The fourth-order valence-electron chi connectivity index (χ4n) is 4.44. The normalized spacial score (nSPS) is 27.3. The van der Waals surface area contributed by atoms with E-state index in [-0.39, 0.29) is 17.7 Å². The van der Waals surface area contributed by atoms with Gasteiger partial charge in [0.05, 0.1) is 16.7 Å². The van der Waals surface area contributed by atoms with Gasteiger partial charge in [-0.15, -0.1) is 0 Å². The Morgan fingerprint density at radius 1 is 0.700 bits per heavy atom. The van der Waals surface area contributed by atoms with Crippen molar-refractivity contribution in [2.24, 2.45) is 0 Å². The zero-order chi connectivity index (χ0) is 28.1. The number of fused-ring (bicyclic) bond motifs is 1. The lowest BCUT2D eigenvalue weighted by atomic mass is 9.98. The van der Waals surface area contributed by atoms with E-state index < -0.39 is 54.6 Å². The summed E-state index contributed by atoms with van der Waals surface area (Å²) < 4.78 is 40.6. The van der Waals surface area contributed by atoms with E-state index in [1.807, 2.05) is 0 Å². The lowest BCUT2D eigenvalue weighted by Crippen LogP contribution is -2.60. The molecule has 40 heavy (non-hydrogen) atoms. The van der Waals surface area contributed by atoms with E-state index in [4.69, 9.17) is 33.2 Å². The highest BCUT2D eigenvalue weighted by molar-refractivity contribution is 5.91. The number of hydrogen-bond acceptors (Lipinski definition) is 10. The first kappa shape index (κ1) is 27.5. The first-order chi connectivity index (χ1) is 19.4. The first-order valence-electron chi connectivity index (χ1n) is 12.7. The van der Waals surface area contributed by atoms with Crippen molar-refractivity contribution in [2.75, 3.05) is 13.7 Å². The van der Waals surface area contributed by atoms with E-state index >= 15 is 0 Å². The Balaban J connectivity index is 1.46. The van der Waals surface area contributed by atoms with Crippen LogP contribution in [-0.4, -0.2) is 68.3 Å². The quantitative estimate of drug-likeness (QED) is 0.304. The van der Waals surface area contributed by atoms with Gasteiger partial charge in [-0.05, 0) is 36.4 Å². The van der Waals surface area contributed by atoms with Crippen molar-refractivity contribution < 1.29 is 47.5 Å². The molecule has 2 aliphatic heterocycles. The summed E-state index contributed by atoms with van der Waals surface area (Å²) in [6, 6.07) is 25.0. The monoisotopic (exact) mass is 548 g/mol. The predicted molar refractivity (Wildman–Crippen MR) is 138 cm³/mol. The molecule has 2 saturated heterocycles. The Kier molecular flexibility index (Phi) is 8.22. The number of carbonyl (C=O) groups is 3. The van der Waals surface area contributed by atoms with Gasteiger partial charge in [0.1, 0.15) is 12.7 Å². The third-order valence-electron chi connectivity index (χ3n) is 6.54. The first-order valence-corrected chi connectivity index (χ1v) is 12.7. The number of ether oxygens (including phenoxy) is 7. The highest BCUT2D eigenvalue weighted by atomic mass is 16.9. The molecule has 2 fully saturated rings. The SMILES string of the molecule is COC1(C)O[C@H]2O[C@H](COC(=O)c3ccccc3)[C@H](OC(=O)c3ccccc3)[C@H](OC(=O)c3ccccc3)[C@H]2O1. The van der Waals surface area contributed by atoms with Gasteiger partial charge < -0.3 is 28.4 Å². The van der Waals surface area contributed by atoms with E-state index in [0.29, 0.717) is 5.56 Å². The number of hydrogen-bond donors (Lipinski definition) is 0. The van der Waals surface area contributed by atoms with Crippen LogP contribution in [0.1, 0.15) is 38.0 Å². The lowest BCUT2D eigenvalue weighted by Gasteiger charge is -2.41. The summed E-state index contributed by atoms with van der Waals surface area (Å²) in [4.78, 5) is 39.1. The second kappa shape index (κ2) is 12.0. The van der Waals surface area contributed by atoms with Crippen molar-refractivity contribution in [3.8, 4) is 0 Å². The molecule has 208 valence electrons. The van der Waals surface area contributed by atoms with Crippen LogP contribution in [0.2, 0.25) is 0 Å². The minimum Gasteiger partial charge on any atom is -0.459 e. The molecular weight excluding hydrogens is 520 g/mol. The van der Waals surface area contributed by atoms with E-state index in [1.165, 1.54) is 14.0 Å². The van der Waals surface area contributed by atoms with E-state index in [2.05, 4.69) is 0 Å². The Hall–Kier alpha value is -4.09. The van der Waals surface area contributed by atoms with E-state index in [9.17, 15) is 14.4 Å². The Bertz CT molecular complexity index is 1320. The molecule has 0 saturated carbocycles. The molecule has 5 rings (SSSR count). The van der Waals surface area contributed by atoms with Crippen molar-refractivity contribution in [2.45, 2.75) is 43.6 Å². The molecule has 6 atom stereocenters. The average Bonchev–Trinajstić information content (AvgIpc) is 3.35. The minimum atomic E-state index is -1.53.